The lowest BCUT2D eigenvalue weighted by atomic mass is 10.3. The van der Waals surface area contributed by atoms with Crippen molar-refractivity contribution >= 4 is 62.3 Å². The molecular formula is C13H7ClN6OS2. The molecule has 0 atom stereocenters. The van der Waals surface area contributed by atoms with E-state index >= 15 is 0 Å². The fourth-order valence-electron chi connectivity index (χ4n) is 1.75. The molecule has 3 heterocycles. The molecule has 0 aromatic carbocycles. The topological polar surface area (TPSA) is 88.0 Å². The molecule has 0 bridgehead atoms. The zero-order chi connectivity index (χ0) is 16.4. The Balaban J connectivity index is 2.02. The third kappa shape index (κ3) is 2.96. The summed E-state index contributed by atoms with van der Waals surface area (Å²) >= 11 is 8.24. The average Bonchev–Trinajstić information content (AvgIpc) is 2.98. The van der Waals surface area contributed by atoms with Gasteiger partial charge in [0.05, 0.1) is 12.1 Å². The number of rotatable bonds is 3. The molecule has 10 heteroatoms. The number of aromatic hydroxyl groups is 1. The molecule has 0 saturated heterocycles. The van der Waals surface area contributed by atoms with Gasteiger partial charge in [-0.15, -0.1) is 22.0 Å². The van der Waals surface area contributed by atoms with Gasteiger partial charge in [0.15, 0.2) is 21.7 Å². The molecule has 114 valence electrons. The number of hydrogen-bond donors (Lipinski definition) is 1. The van der Waals surface area contributed by atoms with Crippen molar-refractivity contribution in [2.75, 3.05) is 6.26 Å². The van der Waals surface area contributed by atoms with Crippen LogP contribution in [0.1, 0.15) is 0 Å². The lowest BCUT2D eigenvalue weighted by molar-refractivity contribution is 0.473. The van der Waals surface area contributed by atoms with Crippen LogP contribution in [0, 0.1) is 6.57 Å². The molecule has 1 N–H and O–H groups in total. The maximum absolute atomic E-state index is 9.33. The summed E-state index contributed by atoms with van der Waals surface area (Å²) in [7, 11) is 0. The smallest absolute Gasteiger partial charge is 0.245 e. The van der Waals surface area contributed by atoms with Gasteiger partial charge in [-0.3, -0.25) is 4.98 Å². The van der Waals surface area contributed by atoms with E-state index in [9.17, 15) is 5.11 Å². The molecule has 0 aliphatic carbocycles. The summed E-state index contributed by atoms with van der Waals surface area (Å²) in [5, 5.41) is 19.2. The number of aromatic nitrogens is 3. The van der Waals surface area contributed by atoms with Crippen LogP contribution in [-0.2, 0) is 0 Å². The van der Waals surface area contributed by atoms with E-state index in [0.29, 0.717) is 26.6 Å². The van der Waals surface area contributed by atoms with Gasteiger partial charge in [-0.2, -0.15) is 0 Å². The Morgan fingerprint density at radius 1 is 1.39 bits per heavy atom. The van der Waals surface area contributed by atoms with Gasteiger partial charge in [0.25, 0.3) is 0 Å². The summed E-state index contributed by atoms with van der Waals surface area (Å²) in [6.07, 6.45) is 3.49. The fraction of sp³-hybridized carbons (Fsp3) is 0.0769. The Bertz CT molecular complexity index is 965. The molecule has 0 saturated carbocycles. The van der Waals surface area contributed by atoms with Crippen molar-refractivity contribution < 1.29 is 5.11 Å². The minimum absolute atomic E-state index is 0.0443. The number of fused-ring (bicyclic) bond motifs is 1. The molecule has 23 heavy (non-hydrogen) atoms. The molecule has 0 aliphatic heterocycles. The first-order chi connectivity index (χ1) is 11.1. The molecule has 3 rings (SSSR count). The highest BCUT2D eigenvalue weighted by atomic mass is 35.5. The molecule has 0 amide bonds. The Kier molecular flexibility index (Phi) is 4.38. The van der Waals surface area contributed by atoms with E-state index in [1.54, 1.807) is 6.20 Å². The van der Waals surface area contributed by atoms with E-state index in [2.05, 4.69) is 29.4 Å². The van der Waals surface area contributed by atoms with Crippen LogP contribution in [-0.4, -0.2) is 25.7 Å². The molecule has 3 aromatic heterocycles. The maximum atomic E-state index is 9.33. The predicted octanol–water partition coefficient (Wildman–Crippen LogP) is 5.13. The molecular weight excluding hydrogens is 356 g/mol. The first-order valence-electron chi connectivity index (χ1n) is 6.11. The average molecular weight is 363 g/mol. The standard InChI is InChI=1S/C13H7ClN6OS2/c1-15-10-9-6(5-16-13(10)22-2)12(23-20-9)19-18-8-4-3-7(21)11(14)17-8/h3-5,21H,2H3. The number of nitrogens with zero attached hydrogens (tertiary/aromatic N) is 6. The molecule has 7 nitrogen and oxygen atoms in total. The second-order valence-corrected chi connectivity index (χ2v) is 6.06. The number of hydrogen-bond acceptors (Lipinski definition) is 8. The maximum Gasteiger partial charge on any atom is 0.245 e. The highest BCUT2D eigenvalue weighted by Gasteiger charge is 2.15. The van der Waals surface area contributed by atoms with Crippen LogP contribution in [0.5, 0.6) is 5.75 Å². The molecule has 0 aliphatic rings. The van der Waals surface area contributed by atoms with Crippen LogP contribution < -0.4 is 0 Å². The molecule has 0 fully saturated rings. The second kappa shape index (κ2) is 6.45. The van der Waals surface area contributed by atoms with Gasteiger partial charge in [-0.1, -0.05) is 11.6 Å². The zero-order valence-electron chi connectivity index (χ0n) is 11.6. The van der Waals surface area contributed by atoms with Gasteiger partial charge in [0, 0.05) is 11.6 Å². The van der Waals surface area contributed by atoms with Crippen LogP contribution >= 0.6 is 34.9 Å². The highest BCUT2D eigenvalue weighted by Crippen LogP contribution is 2.39. The van der Waals surface area contributed by atoms with Crippen molar-refractivity contribution in [2.24, 2.45) is 10.2 Å². The van der Waals surface area contributed by atoms with Crippen molar-refractivity contribution in [1.29, 1.82) is 0 Å². The Morgan fingerprint density at radius 3 is 2.91 bits per heavy atom. The molecule has 0 spiro atoms. The monoisotopic (exact) mass is 362 g/mol. The lowest BCUT2D eigenvalue weighted by Gasteiger charge is -1.99. The van der Waals surface area contributed by atoms with Gasteiger partial charge in [-0.25, -0.2) is 14.2 Å². The fourth-order valence-corrected chi connectivity index (χ4v) is 3.08. The minimum Gasteiger partial charge on any atom is -0.505 e. The number of thioether (sulfide) groups is 1. The molecule has 0 unspecified atom stereocenters. The summed E-state index contributed by atoms with van der Waals surface area (Å²) in [5.41, 5.74) is 0.980. The van der Waals surface area contributed by atoms with Gasteiger partial charge in [0.2, 0.25) is 5.69 Å². The SMILES string of the molecule is [C-]#[N+]c1c(SC)ncc2c(N=Nc3ccc(O)c(Cl)n3)snc12. The number of azo groups is 1. The summed E-state index contributed by atoms with van der Waals surface area (Å²) in [5.74, 6) is 0.137. The summed E-state index contributed by atoms with van der Waals surface area (Å²) in [6.45, 7) is 7.29. The van der Waals surface area contributed by atoms with Crippen molar-refractivity contribution in [2.45, 2.75) is 5.03 Å². The van der Waals surface area contributed by atoms with Crippen LogP contribution in [0.2, 0.25) is 5.15 Å². The first-order valence-corrected chi connectivity index (χ1v) is 8.48. The Labute approximate surface area is 144 Å². The summed E-state index contributed by atoms with van der Waals surface area (Å²) in [4.78, 5) is 11.6. The van der Waals surface area contributed by atoms with E-state index in [-0.39, 0.29) is 16.7 Å². The van der Waals surface area contributed by atoms with Gasteiger partial charge >= 0.3 is 0 Å². The number of halogens is 1. The molecule has 3 aromatic rings. The van der Waals surface area contributed by atoms with Crippen molar-refractivity contribution in [3.63, 3.8) is 0 Å². The Hall–Kier alpha value is -2.28. The highest BCUT2D eigenvalue weighted by molar-refractivity contribution is 7.98. The van der Waals surface area contributed by atoms with Crippen LogP contribution in [0.25, 0.3) is 15.7 Å². The summed E-state index contributed by atoms with van der Waals surface area (Å²) in [6, 6.07) is 2.88. The van der Waals surface area contributed by atoms with E-state index in [1.807, 2.05) is 6.26 Å². The lowest BCUT2D eigenvalue weighted by Crippen LogP contribution is -1.80. The number of pyridine rings is 2. The quantitative estimate of drug-likeness (QED) is 0.302. The summed E-state index contributed by atoms with van der Waals surface area (Å²) < 4.78 is 4.28. The van der Waals surface area contributed by atoms with E-state index < -0.39 is 0 Å². The zero-order valence-corrected chi connectivity index (χ0v) is 13.9. The van der Waals surface area contributed by atoms with Crippen molar-refractivity contribution in [3.05, 3.63) is 34.9 Å². The minimum atomic E-state index is -0.121. The van der Waals surface area contributed by atoms with E-state index in [1.165, 1.54) is 23.9 Å². The van der Waals surface area contributed by atoms with Gasteiger partial charge < -0.3 is 5.11 Å². The van der Waals surface area contributed by atoms with E-state index in [4.69, 9.17) is 18.2 Å². The predicted molar refractivity (Wildman–Crippen MR) is 90.5 cm³/mol. The first kappa shape index (κ1) is 15.6. The van der Waals surface area contributed by atoms with Crippen LogP contribution in [0.15, 0.2) is 33.6 Å². The largest absolute Gasteiger partial charge is 0.505 e. The third-order valence-corrected chi connectivity index (χ3v) is 4.52. The second-order valence-electron chi connectivity index (χ2n) is 4.16. The van der Waals surface area contributed by atoms with Crippen LogP contribution in [0.3, 0.4) is 0 Å². The van der Waals surface area contributed by atoms with Crippen molar-refractivity contribution in [3.8, 4) is 5.75 Å². The van der Waals surface area contributed by atoms with Crippen molar-refractivity contribution in [1.82, 2.24) is 14.3 Å². The van der Waals surface area contributed by atoms with Gasteiger partial charge in [-0.05, 0) is 29.9 Å². The third-order valence-electron chi connectivity index (χ3n) is 2.81. The molecule has 0 radical (unpaired) electrons. The normalized spacial score (nSPS) is 11.2. The van der Waals surface area contributed by atoms with Gasteiger partial charge in [0.1, 0.15) is 5.03 Å². The van der Waals surface area contributed by atoms with Crippen LogP contribution in [0.4, 0.5) is 16.5 Å². The van der Waals surface area contributed by atoms with E-state index in [0.717, 1.165) is 11.5 Å². The Morgan fingerprint density at radius 2 is 2.22 bits per heavy atom.